The van der Waals surface area contributed by atoms with Crippen LogP contribution < -0.4 is 4.72 Å². The molecule has 0 aliphatic carbocycles. The standard InChI is InChI=1S/C13H17N3O2S/c1-10(2)16-9-13(11(3)14-16)19(17,18)15-12-7-5-4-6-8-12/h4-10,15H,1-3H3. The number of nitrogens with one attached hydrogen (secondary N) is 1. The fourth-order valence-electron chi connectivity index (χ4n) is 1.71. The third-order valence-electron chi connectivity index (χ3n) is 2.72. The van der Waals surface area contributed by atoms with E-state index in [1.165, 1.54) is 0 Å². The zero-order valence-electron chi connectivity index (χ0n) is 11.2. The summed E-state index contributed by atoms with van der Waals surface area (Å²) in [7, 11) is -3.59. The lowest BCUT2D eigenvalue weighted by molar-refractivity contribution is 0.528. The van der Waals surface area contributed by atoms with E-state index in [4.69, 9.17) is 0 Å². The van der Waals surface area contributed by atoms with E-state index < -0.39 is 10.0 Å². The lowest BCUT2D eigenvalue weighted by atomic mass is 10.3. The molecule has 0 spiro atoms. The largest absolute Gasteiger partial charge is 0.280 e. The number of sulfonamides is 1. The molecule has 0 atom stereocenters. The minimum Gasteiger partial charge on any atom is -0.280 e. The molecule has 0 unspecified atom stereocenters. The summed E-state index contributed by atoms with van der Waals surface area (Å²) in [6.45, 7) is 5.60. The maximum absolute atomic E-state index is 12.3. The molecular formula is C13H17N3O2S. The van der Waals surface area contributed by atoms with Crippen molar-refractivity contribution in [3.05, 3.63) is 42.2 Å². The van der Waals surface area contributed by atoms with E-state index >= 15 is 0 Å². The van der Waals surface area contributed by atoms with Crippen molar-refractivity contribution in [2.24, 2.45) is 0 Å². The molecule has 0 fully saturated rings. The molecule has 0 saturated carbocycles. The lowest BCUT2D eigenvalue weighted by Crippen LogP contribution is -2.13. The van der Waals surface area contributed by atoms with E-state index in [-0.39, 0.29) is 10.9 Å². The van der Waals surface area contributed by atoms with Crippen LogP contribution in [0.3, 0.4) is 0 Å². The van der Waals surface area contributed by atoms with Gasteiger partial charge in [-0.1, -0.05) is 18.2 Å². The first-order chi connectivity index (χ1) is 8.90. The average molecular weight is 279 g/mol. The number of nitrogens with zero attached hydrogens (tertiary/aromatic N) is 2. The number of benzene rings is 1. The van der Waals surface area contributed by atoms with E-state index in [0.29, 0.717) is 11.4 Å². The molecule has 0 aliphatic heterocycles. The fraction of sp³-hybridized carbons (Fsp3) is 0.308. The second kappa shape index (κ2) is 5.05. The smallest absolute Gasteiger partial charge is 0.265 e. The van der Waals surface area contributed by atoms with Gasteiger partial charge in [0.1, 0.15) is 4.90 Å². The normalized spacial score (nSPS) is 11.8. The zero-order chi connectivity index (χ0) is 14.0. The highest BCUT2D eigenvalue weighted by Crippen LogP contribution is 2.19. The molecule has 1 aromatic heterocycles. The molecule has 0 bridgehead atoms. The van der Waals surface area contributed by atoms with Crippen molar-refractivity contribution < 1.29 is 8.42 Å². The van der Waals surface area contributed by atoms with Crippen molar-refractivity contribution in [3.8, 4) is 0 Å². The highest BCUT2D eigenvalue weighted by atomic mass is 32.2. The van der Waals surface area contributed by atoms with Gasteiger partial charge in [-0.25, -0.2) is 8.42 Å². The summed E-state index contributed by atoms with van der Waals surface area (Å²) >= 11 is 0. The van der Waals surface area contributed by atoms with Gasteiger partial charge >= 0.3 is 0 Å². The Balaban J connectivity index is 2.35. The first-order valence-corrected chi connectivity index (χ1v) is 7.52. The average Bonchev–Trinajstić information content (AvgIpc) is 2.73. The van der Waals surface area contributed by atoms with Crippen LogP contribution in [-0.2, 0) is 10.0 Å². The number of aromatic nitrogens is 2. The SMILES string of the molecule is Cc1nn(C(C)C)cc1S(=O)(=O)Nc1ccccc1. The first kappa shape index (κ1) is 13.6. The number of hydrogen-bond donors (Lipinski definition) is 1. The number of rotatable bonds is 4. The maximum atomic E-state index is 12.3. The van der Waals surface area contributed by atoms with E-state index in [9.17, 15) is 8.42 Å². The number of aryl methyl sites for hydroxylation is 1. The van der Waals surface area contributed by atoms with Crippen molar-refractivity contribution in [1.82, 2.24) is 9.78 Å². The van der Waals surface area contributed by atoms with Gasteiger partial charge in [-0.2, -0.15) is 5.10 Å². The molecule has 0 saturated heterocycles. The van der Waals surface area contributed by atoms with E-state index in [0.717, 1.165) is 0 Å². The Morgan fingerprint density at radius 1 is 1.21 bits per heavy atom. The Morgan fingerprint density at radius 3 is 2.37 bits per heavy atom. The van der Waals surface area contributed by atoms with Gasteiger partial charge in [-0.15, -0.1) is 0 Å². The second-order valence-electron chi connectivity index (χ2n) is 4.62. The third-order valence-corrected chi connectivity index (χ3v) is 4.20. The van der Waals surface area contributed by atoms with Gasteiger partial charge in [-0.3, -0.25) is 9.40 Å². The Kier molecular flexibility index (Phi) is 3.61. The molecule has 2 aromatic rings. The molecule has 1 N–H and O–H groups in total. The number of hydrogen-bond acceptors (Lipinski definition) is 3. The van der Waals surface area contributed by atoms with Gasteiger partial charge in [0, 0.05) is 17.9 Å². The molecule has 102 valence electrons. The Bertz CT molecular complexity index is 660. The summed E-state index contributed by atoms with van der Waals surface area (Å²) in [5.41, 5.74) is 1.04. The van der Waals surface area contributed by atoms with Crippen molar-refractivity contribution in [2.45, 2.75) is 31.7 Å². The summed E-state index contributed by atoms with van der Waals surface area (Å²) in [5.74, 6) is 0. The van der Waals surface area contributed by atoms with Gasteiger partial charge in [0.2, 0.25) is 0 Å². The highest BCUT2D eigenvalue weighted by Gasteiger charge is 2.21. The predicted molar refractivity (Wildman–Crippen MR) is 74.6 cm³/mol. The second-order valence-corrected chi connectivity index (χ2v) is 6.27. The summed E-state index contributed by atoms with van der Waals surface area (Å²) in [6.07, 6.45) is 1.56. The topological polar surface area (TPSA) is 64.0 Å². The third kappa shape index (κ3) is 2.96. The molecule has 0 radical (unpaired) electrons. The lowest BCUT2D eigenvalue weighted by Gasteiger charge is -2.06. The van der Waals surface area contributed by atoms with Crippen molar-refractivity contribution in [2.75, 3.05) is 4.72 Å². The van der Waals surface area contributed by atoms with Gasteiger partial charge in [0.25, 0.3) is 10.0 Å². The van der Waals surface area contributed by atoms with Crippen molar-refractivity contribution >= 4 is 15.7 Å². The summed E-state index contributed by atoms with van der Waals surface area (Å²) in [6, 6.07) is 8.93. The van der Waals surface area contributed by atoms with Crippen LogP contribution in [0.15, 0.2) is 41.4 Å². The first-order valence-electron chi connectivity index (χ1n) is 6.04. The van der Waals surface area contributed by atoms with Crippen LogP contribution in [0, 0.1) is 6.92 Å². The van der Waals surface area contributed by atoms with Gasteiger partial charge in [0.15, 0.2) is 0 Å². The summed E-state index contributed by atoms with van der Waals surface area (Å²) in [5, 5.41) is 4.22. The maximum Gasteiger partial charge on any atom is 0.265 e. The van der Waals surface area contributed by atoms with E-state index in [1.807, 2.05) is 19.9 Å². The van der Waals surface area contributed by atoms with Crippen LogP contribution in [0.2, 0.25) is 0 Å². The molecule has 6 heteroatoms. The minimum atomic E-state index is -3.59. The minimum absolute atomic E-state index is 0.124. The fourth-order valence-corrected chi connectivity index (χ4v) is 2.94. The van der Waals surface area contributed by atoms with Crippen LogP contribution in [0.25, 0.3) is 0 Å². The quantitative estimate of drug-likeness (QED) is 0.935. The van der Waals surface area contributed by atoms with Gasteiger partial charge in [-0.05, 0) is 32.9 Å². The molecule has 1 heterocycles. The molecule has 0 aliphatic rings. The van der Waals surface area contributed by atoms with Crippen LogP contribution >= 0.6 is 0 Å². The van der Waals surface area contributed by atoms with Gasteiger partial charge in [0.05, 0.1) is 5.69 Å². The molecular weight excluding hydrogens is 262 g/mol. The van der Waals surface area contributed by atoms with Crippen molar-refractivity contribution in [1.29, 1.82) is 0 Å². The summed E-state index contributed by atoms with van der Waals surface area (Å²) < 4.78 is 28.8. The van der Waals surface area contributed by atoms with Crippen LogP contribution in [-0.4, -0.2) is 18.2 Å². The van der Waals surface area contributed by atoms with E-state index in [1.54, 1.807) is 42.1 Å². The molecule has 2 rings (SSSR count). The molecule has 5 nitrogen and oxygen atoms in total. The van der Waals surface area contributed by atoms with E-state index in [2.05, 4.69) is 9.82 Å². The number of anilines is 1. The zero-order valence-corrected chi connectivity index (χ0v) is 12.0. The Hall–Kier alpha value is -1.82. The Morgan fingerprint density at radius 2 is 1.84 bits per heavy atom. The Labute approximate surface area is 113 Å². The van der Waals surface area contributed by atoms with Gasteiger partial charge < -0.3 is 0 Å². The summed E-state index contributed by atoms with van der Waals surface area (Å²) in [4.78, 5) is 0.213. The molecule has 1 aromatic carbocycles. The molecule has 0 amide bonds. The predicted octanol–water partition coefficient (Wildman–Crippen LogP) is 2.57. The highest BCUT2D eigenvalue weighted by molar-refractivity contribution is 7.92. The number of para-hydroxylation sites is 1. The van der Waals surface area contributed by atoms with Crippen molar-refractivity contribution in [3.63, 3.8) is 0 Å². The molecule has 19 heavy (non-hydrogen) atoms. The van der Waals surface area contributed by atoms with Crippen LogP contribution in [0.5, 0.6) is 0 Å². The van der Waals surface area contributed by atoms with Crippen LogP contribution in [0.1, 0.15) is 25.6 Å². The van der Waals surface area contributed by atoms with Crippen LogP contribution in [0.4, 0.5) is 5.69 Å². The monoisotopic (exact) mass is 279 g/mol.